The fraction of sp³-hybridized carbons (Fsp3) is 0.333. The third-order valence-electron chi connectivity index (χ3n) is 3.60. The Bertz CT molecular complexity index is 598. The molecular weight excluding hydrogens is 256 g/mol. The minimum absolute atomic E-state index is 0.0693. The van der Waals surface area contributed by atoms with E-state index in [2.05, 4.69) is 10.1 Å². The Morgan fingerprint density at radius 1 is 1.15 bits per heavy atom. The van der Waals surface area contributed by atoms with Crippen LogP contribution in [-0.2, 0) is 0 Å². The average Bonchev–Trinajstić information content (AvgIpc) is 2.98. The number of carbonyl (C=O) groups is 1. The van der Waals surface area contributed by atoms with Gasteiger partial charge in [-0.05, 0) is 43.5 Å². The topological polar surface area (TPSA) is 66.6 Å². The van der Waals surface area contributed by atoms with Gasteiger partial charge >= 0.3 is 5.97 Å². The molecule has 5 nitrogen and oxygen atoms in total. The van der Waals surface area contributed by atoms with E-state index in [1.54, 1.807) is 0 Å². The number of carboxylic acid groups (broad SMARTS) is 1. The summed E-state index contributed by atoms with van der Waals surface area (Å²) in [5, 5.41) is 12.3. The summed E-state index contributed by atoms with van der Waals surface area (Å²) in [6.45, 7) is 2.20. The largest absolute Gasteiger partial charge is 0.476 e. The van der Waals surface area contributed by atoms with Gasteiger partial charge in [0, 0.05) is 30.4 Å². The third kappa shape index (κ3) is 2.52. The number of rotatable bonds is 3. The van der Waals surface area contributed by atoms with Gasteiger partial charge in [0.1, 0.15) is 0 Å². The van der Waals surface area contributed by atoms with Crippen molar-refractivity contribution in [2.45, 2.75) is 19.3 Å². The highest BCUT2D eigenvalue weighted by molar-refractivity contribution is 5.86. The lowest BCUT2D eigenvalue weighted by molar-refractivity contribution is 0.0686. The molecule has 0 radical (unpaired) electrons. The molecule has 0 amide bonds. The van der Waals surface area contributed by atoms with Crippen molar-refractivity contribution < 1.29 is 14.4 Å². The van der Waals surface area contributed by atoms with Crippen molar-refractivity contribution in [2.75, 3.05) is 18.0 Å². The monoisotopic (exact) mass is 272 g/mol. The Labute approximate surface area is 116 Å². The van der Waals surface area contributed by atoms with Crippen LogP contribution < -0.4 is 4.90 Å². The van der Waals surface area contributed by atoms with Crippen molar-refractivity contribution in [3.05, 3.63) is 36.0 Å². The van der Waals surface area contributed by atoms with Gasteiger partial charge in [-0.15, -0.1) is 0 Å². The van der Waals surface area contributed by atoms with Crippen LogP contribution in [0.2, 0.25) is 0 Å². The van der Waals surface area contributed by atoms with E-state index >= 15 is 0 Å². The van der Waals surface area contributed by atoms with Crippen LogP contribution in [0.5, 0.6) is 0 Å². The minimum atomic E-state index is -1.08. The van der Waals surface area contributed by atoms with Gasteiger partial charge in [-0.25, -0.2) is 4.79 Å². The molecule has 1 saturated heterocycles. The van der Waals surface area contributed by atoms with Gasteiger partial charge in [-0.3, -0.25) is 0 Å². The van der Waals surface area contributed by atoms with Crippen LogP contribution in [-0.4, -0.2) is 29.3 Å². The lowest BCUT2D eigenvalue weighted by atomic mass is 10.1. The van der Waals surface area contributed by atoms with Crippen molar-refractivity contribution in [1.29, 1.82) is 0 Å². The second-order valence-electron chi connectivity index (χ2n) is 4.98. The van der Waals surface area contributed by atoms with Gasteiger partial charge < -0.3 is 14.5 Å². The summed E-state index contributed by atoms with van der Waals surface area (Å²) in [4.78, 5) is 13.1. The maximum absolute atomic E-state index is 10.8. The number of nitrogens with zero attached hydrogens (tertiary/aromatic N) is 2. The first-order valence-electron chi connectivity index (χ1n) is 6.79. The van der Waals surface area contributed by atoms with E-state index in [1.165, 1.54) is 31.0 Å². The second-order valence-corrected chi connectivity index (χ2v) is 4.98. The molecule has 5 heteroatoms. The zero-order valence-corrected chi connectivity index (χ0v) is 11.1. The van der Waals surface area contributed by atoms with Crippen LogP contribution in [0.25, 0.3) is 11.3 Å². The number of anilines is 1. The fourth-order valence-corrected chi connectivity index (χ4v) is 2.50. The summed E-state index contributed by atoms with van der Waals surface area (Å²) in [7, 11) is 0. The van der Waals surface area contributed by atoms with E-state index in [9.17, 15) is 4.79 Å². The second kappa shape index (κ2) is 5.36. The number of piperidine rings is 1. The Hall–Kier alpha value is -2.30. The Morgan fingerprint density at radius 3 is 2.45 bits per heavy atom. The molecule has 0 bridgehead atoms. The van der Waals surface area contributed by atoms with Crippen LogP contribution in [0.1, 0.15) is 29.8 Å². The molecule has 1 aliphatic heterocycles. The zero-order valence-electron chi connectivity index (χ0n) is 11.1. The smallest absolute Gasteiger partial charge is 0.358 e. The van der Waals surface area contributed by atoms with Crippen molar-refractivity contribution >= 4 is 11.7 Å². The molecule has 2 aromatic rings. The number of aromatic carboxylic acids is 1. The Kier molecular flexibility index (Phi) is 3.41. The molecule has 0 unspecified atom stereocenters. The number of benzene rings is 1. The summed E-state index contributed by atoms with van der Waals surface area (Å²) in [5.41, 5.74) is 1.97. The van der Waals surface area contributed by atoms with Gasteiger partial charge in [0.05, 0.1) is 0 Å². The normalized spacial score (nSPS) is 15.3. The molecule has 104 valence electrons. The van der Waals surface area contributed by atoms with E-state index < -0.39 is 5.97 Å². The van der Waals surface area contributed by atoms with Gasteiger partial charge in [0.25, 0.3) is 0 Å². The Balaban J connectivity index is 1.79. The molecule has 1 aromatic heterocycles. The van der Waals surface area contributed by atoms with E-state index in [0.717, 1.165) is 18.7 Å². The van der Waals surface area contributed by atoms with Gasteiger partial charge in [0.2, 0.25) is 0 Å². The summed E-state index contributed by atoms with van der Waals surface area (Å²) in [5.74, 6) is -0.600. The summed E-state index contributed by atoms with van der Waals surface area (Å²) in [6, 6.07) is 9.41. The Morgan fingerprint density at radius 2 is 1.85 bits per heavy atom. The standard InChI is InChI=1S/C15H16N2O3/c18-15(19)13-10-14(20-16-13)11-4-6-12(7-5-11)17-8-2-1-3-9-17/h4-7,10H,1-3,8-9H2,(H,18,19). The highest BCUT2D eigenvalue weighted by Crippen LogP contribution is 2.25. The molecule has 0 atom stereocenters. The highest BCUT2D eigenvalue weighted by atomic mass is 16.5. The number of hydrogen-bond donors (Lipinski definition) is 1. The maximum Gasteiger partial charge on any atom is 0.358 e. The minimum Gasteiger partial charge on any atom is -0.476 e. The quantitative estimate of drug-likeness (QED) is 0.930. The van der Waals surface area contributed by atoms with Crippen molar-refractivity contribution in [1.82, 2.24) is 5.16 Å². The highest BCUT2D eigenvalue weighted by Gasteiger charge is 2.14. The van der Waals surface area contributed by atoms with E-state index in [-0.39, 0.29) is 5.69 Å². The first-order chi connectivity index (χ1) is 9.74. The van der Waals surface area contributed by atoms with E-state index in [0.29, 0.717) is 5.76 Å². The SMILES string of the molecule is O=C(O)c1cc(-c2ccc(N3CCCCC3)cc2)on1. The molecule has 0 spiro atoms. The van der Waals surface area contributed by atoms with Crippen molar-refractivity contribution in [3.8, 4) is 11.3 Å². The summed E-state index contributed by atoms with van der Waals surface area (Å²) < 4.78 is 5.05. The molecule has 0 aliphatic carbocycles. The first-order valence-corrected chi connectivity index (χ1v) is 6.79. The lowest BCUT2D eigenvalue weighted by Crippen LogP contribution is -2.29. The third-order valence-corrected chi connectivity index (χ3v) is 3.60. The van der Waals surface area contributed by atoms with Gasteiger partial charge in [0.15, 0.2) is 11.5 Å². The van der Waals surface area contributed by atoms with Crippen molar-refractivity contribution in [2.24, 2.45) is 0 Å². The van der Waals surface area contributed by atoms with Gasteiger partial charge in [-0.2, -0.15) is 0 Å². The number of aromatic nitrogens is 1. The van der Waals surface area contributed by atoms with E-state index in [1.807, 2.05) is 24.3 Å². The molecule has 2 heterocycles. The van der Waals surface area contributed by atoms with Crippen molar-refractivity contribution in [3.63, 3.8) is 0 Å². The van der Waals surface area contributed by atoms with Gasteiger partial charge in [-0.1, -0.05) is 5.16 Å². The predicted molar refractivity (Wildman–Crippen MR) is 75.0 cm³/mol. The van der Waals surface area contributed by atoms with Crippen LogP contribution in [0, 0.1) is 0 Å². The number of carboxylic acids is 1. The summed E-state index contributed by atoms with van der Waals surface area (Å²) in [6.07, 6.45) is 3.79. The lowest BCUT2D eigenvalue weighted by Gasteiger charge is -2.28. The fourth-order valence-electron chi connectivity index (χ4n) is 2.50. The van der Waals surface area contributed by atoms with Crippen LogP contribution in [0.15, 0.2) is 34.9 Å². The zero-order chi connectivity index (χ0) is 13.9. The molecule has 20 heavy (non-hydrogen) atoms. The molecule has 1 N–H and O–H groups in total. The average molecular weight is 272 g/mol. The molecule has 0 saturated carbocycles. The number of hydrogen-bond acceptors (Lipinski definition) is 4. The maximum atomic E-state index is 10.8. The van der Waals surface area contributed by atoms with Crippen LogP contribution in [0.3, 0.4) is 0 Å². The molecule has 1 fully saturated rings. The van der Waals surface area contributed by atoms with Crippen LogP contribution in [0.4, 0.5) is 5.69 Å². The molecule has 1 aliphatic rings. The molecular formula is C15H16N2O3. The van der Waals surface area contributed by atoms with E-state index in [4.69, 9.17) is 9.63 Å². The molecule has 1 aromatic carbocycles. The summed E-state index contributed by atoms with van der Waals surface area (Å²) >= 11 is 0. The predicted octanol–water partition coefficient (Wildman–Crippen LogP) is 3.03. The van der Waals surface area contributed by atoms with Crippen LogP contribution >= 0.6 is 0 Å². The molecule has 3 rings (SSSR count). The first kappa shape index (κ1) is 12.7.